The first kappa shape index (κ1) is 38.4. The molecule has 58 heavy (non-hydrogen) atoms. The third-order valence-corrected chi connectivity index (χ3v) is 11.8. The van der Waals surface area contributed by atoms with Crippen LogP contribution in [0.15, 0.2) is 91.3 Å². The van der Waals surface area contributed by atoms with Crippen LogP contribution in [0, 0.1) is 5.92 Å². The summed E-state index contributed by atoms with van der Waals surface area (Å²) >= 11 is 0. The topological polar surface area (TPSA) is 186 Å². The molecule has 0 spiro atoms. The summed E-state index contributed by atoms with van der Waals surface area (Å²) in [6, 6.07) is 23.7. The van der Waals surface area contributed by atoms with Crippen LogP contribution in [0.5, 0.6) is 0 Å². The van der Waals surface area contributed by atoms with E-state index in [1.165, 1.54) is 7.11 Å². The zero-order valence-electron chi connectivity index (χ0n) is 32.4. The molecule has 0 radical (unpaired) electrons. The van der Waals surface area contributed by atoms with Crippen molar-refractivity contribution in [2.45, 2.75) is 75.5 Å². The first-order valence-corrected chi connectivity index (χ1v) is 20.1. The molecule has 0 unspecified atom stereocenters. The lowest BCUT2D eigenvalue weighted by atomic mass is 9.83. The van der Waals surface area contributed by atoms with Gasteiger partial charge in [0.1, 0.15) is 17.7 Å². The van der Waals surface area contributed by atoms with Crippen molar-refractivity contribution < 1.29 is 29.0 Å². The van der Waals surface area contributed by atoms with E-state index < -0.39 is 18.2 Å². The summed E-state index contributed by atoms with van der Waals surface area (Å²) in [5, 5.41) is 14.8. The Kier molecular flexibility index (Phi) is 11.2. The third kappa shape index (κ3) is 8.04. The second kappa shape index (κ2) is 17.0. The number of nitrogens with one attached hydrogen (secondary N) is 4. The molecule has 5 atom stereocenters. The zero-order chi connectivity index (χ0) is 40.2. The predicted molar refractivity (Wildman–Crippen MR) is 216 cm³/mol. The zero-order valence-corrected chi connectivity index (χ0v) is 32.4. The largest absolute Gasteiger partial charge is 0.465 e. The molecule has 14 heteroatoms. The van der Waals surface area contributed by atoms with Gasteiger partial charge in [-0.2, -0.15) is 0 Å². The van der Waals surface area contributed by atoms with Gasteiger partial charge in [-0.15, -0.1) is 0 Å². The van der Waals surface area contributed by atoms with Gasteiger partial charge in [-0.1, -0.05) is 91.7 Å². The summed E-state index contributed by atoms with van der Waals surface area (Å²) in [5.41, 5.74) is 6.34. The van der Waals surface area contributed by atoms with Crippen molar-refractivity contribution in [2.24, 2.45) is 5.92 Å². The number of imidazole rings is 2. The highest BCUT2D eigenvalue weighted by Gasteiger charge is 2.40. The number of rotatable bonds is 10. The number of nitrogens with zero attached hydrogens (tertiary/aromatic N) is 4. The fourth-order valence-corrected chi connectivity index (χ4v) is 8.86. The van der Waals surface area contributed by atoms with Crippen LogP contribution in [0.3, 0.4) is 0 Å². The maximum Gasteiger partial charge on any atom is 0.407 e. The normalized spacial score (nSPS) is 21.1. The van der Waals surface area contributed by atoms with E-state index in [0.29, 0.717) is 24.5 Å². The Morgan fingerprint density at radius 3 is 1.81 bits per heavy atom. The molecular weight excluding hydrogens is 737 g/mol. The van der Waals surface area contributed by atoms with Gasteiger partial charge in [-0.25, -0.2) is 19.6 Å². The lowest BCUT2D eigenvalue weighted by Gasteiger charge is -2.35. The number of likely N-dealkylation sites (tertiary alicyclic amines) is 2. The molecular formula is C44H48N8O6. The standard InChI is InChI=1S/C44H48N8O6/c1-58-44(57)49-33-12-6-5-11-32(33)41(53)51-23-7-13-36(51)39-45-25-34(47-39)29-19-15-27(16-20-29)28-17-21-30(22-18-28)35-26-46-40(48-35)37-14-8-24-52(37)42(54)38(50-43(55)56)31-9-3-2-4-10-31/h2-4,9-10,15-22,25-26,32-33,36-38,50H,5-8,11-14,23-24H2,1H3,(H,45,47)(H,46,48)(H,49,57)(H,55,56)/t32-,33+,36-,37-,38+/m0/s1. The molecule has 3 aliphatic rings. The van der Waals surface area contributed by atoms with Gasteiger partial charge in [0.25, 0.3) is 5.91 Å². The summed E-state index contributed by atoms with van der Waals surface area (Å²) < 4.78 is 4.83. The SMILES string of the molecule is COC(=O)N[C@@H]1CCCC[C@@H]1C(=O)N1CCC[C@H]1c1ncc(-c2ccc(-c3ccc(-c4cnc([C@@H]5CCCN5C(=O)[C@H](NC(=O)O)c5ccccc5)[nH]4)cc3)cc2)[nH]1. The summed E-state index contributed by atoms with van der Waals surface area (Å²) in [7, 11) is 1.34. The van der Waals surface area contributed by atoms with Crippen molar-refractivity contribution in [3.8, 4) is 33.6 Å². The third-order valence-electron chi connectivity index (χ3n) is 11.8. The molecule has 5 N–H and O–H groups in total. The number of carbonyl (C=O) groups excluding carboxylic acids is 3. The highest BCUT2D eigenvalue weighted by molar-refractivity contribution is 5.87. The minimum Gasteiger partial charge on any atom is -0.465 e. The van der Waals surface area contributed by atoms with Gasteiger partial charge in [0, 0.05) is 19.1 Å². The van der Waals surface area contributed by atoms with Crippen LogP contribution < -0.4 is 10.6 Å². The number of alkyl carbamates (subject to hydrolysis) is 1. The van der Waals surface area contributed by atoms with Crippen molar-refractivity contribution in [2.75, 3.05) is 20.2 Å². The number of benzene rings is 3. The van der Waals surface area contributed by atoms with Crippen molar-refractivity contribution >= 4 is 24.0 Å². The smallest absolute Gasteiger partial charge is 0.407 e. The number of ether oxygens (including phenoxy) is 1. The van der Waals surface area contributed by atoms with E-state index >= 15 is 0 Å². The molecule has 300 valence electrons. The van der Waals surface area contributed by atoms with Gasteiger partial charge in [0.15, 0.2) is 0 Å². The number of H-pyrrole nitrogens is 2. The van der Waals surface area contributed by atoms with Crippen LogP contribution in [0.4, 0.5) is 9.59 Å². The number of aromatic nitrogens is 4. The Bertz CT molecular complexity index is 2240. The van der Waals surface area contributed by atoms with Crippen molar-refractivity contribution in [1.29, 1.82) is 0 Å². The summed E-state index contributed by atoms with van der Waals surface area (Å²) in [6.07, 6.45) is 8.53. The van der Waals surface area contributed by atoms with Crippen molar-refractivity contribution in [3.05, 3.63) is 108 Å². The van der Waals surface area contributed by atoms with Crippen LogP contribution in [-0.2, 0) is 14.3 Å². The number of amides is 4. The fraction of sp³-hybridized carbons (Fsp3) is 0.364. The molecule has 5 aromatic rings. The summed E-state index contributed by atoms with van der Waals surface area (Å²) in [5.74, 6) is 0.940. The van der Waals surface area contributed by atoms with E-state index in [2.05, 4.69) is 62.0 Å². The number of methoxy groups -OCH3 is 1. The monoisotopic (exact) mass is 784 g/mol. The molecule has 14 nitrogen and oxygen atoms in total. The first-order chi connectivity index (χ1) is 28.3. The number of hydrogen-bond acceptors (Lipinski definition) is 7. The minimum atomic E-state index is -1.26. The number of hydrogen-bond donors (Lipinski definition) is 5. The van der Waals surface area contributed by atoms with E-state index in [4.69, 9.17) is 9.72 Å². The molecule has 4 amide bonds. The van der Waals surface area contributed by atoms with Crippen LogP contribution in [-0.4, -0.2) is 85.1 Å². The maximum absolute atomic E-state index is 13.9. The lowest BCUT2D eigenvalue weighted by Crippen LogP contribution is -2.49. The van der Waals surface area contributed by atoms with Gasteiger partial charge in [0.2, 0.25) is 5.91 Å². The van der Waals surface area contributed by atoms with Crippen LogP contribution in [0.25, 0.3) is 33.6 Å². The Hall–Kier alpha value is -6.44. The fourth-order valence-electron chi connectivity index (χ4n) is 8.86. The maximum atomic E-state index is 13.9. The van der Waals surface area contributed by atoms with E-state index in [-0.39, 0.29) is 35.9 Å². The molecule has 2 saturated heterocycles. The van der Waals surface area contributed by atoms with Crippen molar-refractivity contribution in [3.63, 3.8) is 0 Å². The van der Waals surface area contributed by atoms with E-state index in [9.17, 15) is 24.3 Å². The van der Waals surface area contributed by atoms with Crippen LogP contribution in [0.2, 0.25) is 0 Å². The quantitative estimate of drug-likeness (QED) is 0.0971. The second-order valence-corrected chi connectivity index (χ2v) is 15.3. The minimum absolute atomic E-state index is 0.0711. The van der Waals surface area contributed by atoms with Gasteiger partial charge >= 0.3 is 12.2 Å². The summed E-state index contributed by atoms with van der Waals surface area (Å²) in [4.78, 5) is 71.2. The average molecular weight is 785 g/mol. The summed E-state index contributed by atoms with van der Waals surface area (Å²) in [6.45, 7) is 1.18. The average Bonchev–Trinajstić information content (AvgIpc) is 4.10. The van der Waals surface area contributed by atoms with E-state index in [1.807, 2.05) is 29.3 Å². The molecule has 8 rings (SSSR count). The Morgan fingerprint density at radius 2 is 1.24 bits per heavy atom. The lowest BCUT2D eigenvalue weighted by molar-refractivity contribution is -0.138. The van der Waals surface area contributed by atoms with Gasteiger partial charge in [-0.05, 0) is 66.3 Å². The number of carboxylic acid groups (broad SMARTS) is 1. The van der Waals surface area contributed by atoms with Gasteiger partial charge < -0.3 is 40.2 Å². The number of carbonyl (C=O) groups is 4. The first-order valence-electron chi connectivity index (χ1n) is 20.1. The highest BCUT2D eigenvalue weighted by atomic mass is 16.5. The predicted octanol–water partition coefficient (Wildman–Crippen LogP) is 7.38. The Morgan fingerprint density at radius 1 is 0.707 bits per heavy atom. The molecule has 3 aromatic carbocycles. The van der Waals surface area contributed by atoms with Crippen LogP contribution in [0.1, 0.15) is 86.7 Å². The van der Waals surface area contributed by atoms with Gasteiger partial charge in [0.05, 0.1) is 48.9 Å². The van der Waals surface area contributed by atoms with E-state index in [0.717, 1.165) is 90.8 Å². The molecule has 2 aromatic heterocycles. The molecule has 1 aliphatic carbocycles. The molecule has 2 aliphatic heterocycles. The second-order valence-electron chi connectivity index (χ2n) is 15.3. The molecule has 4 heterocycles. The molecule has 1 saturated carbocycles. The highest BCUT2D eigenvalue weighted by Crippen LogP contribution is 2.37. The van der Waals surface area contributed by atoms with E-state index in [1.54, 1.807) is 35.4 Å². The number of aromatic amines is 2. The molecule has 0 bridgehead atoms. The molecule has 3 fully saturated rings. The Balaban J connectivity index is 0.915. The van der Waals surface area contributed by atoms with Crippen LogP contribution >= 0.6 is 0 Å². The van der Waals surface area contributed by atoms with Gasteiger partial charge in [-0.3, -0.25) is 9.59 Å². The Labute approximate surface area is 336 Å². The van der Waals surface area contributed by atoms with Crippen molar-refractivity contribution in [1.82, 2.24) is 40.4 Å².